The predicted molar refractivity (Wildman–Crippen MR) is 101 cm³/mol. The van der Waals surface area contributed by atoms with Gasteiger partial charge in [0.05, 0.1) is 24.1 Å². The van der Waals surface area contributed by atoms with Gasteiger partial charge in [-0.2, -0.15) is 10.2 Å². The maximum atomic E-state index is 5.90. The van der Waals surface area contributed by atoms with Gasteiger partial charge in [0.2, 0.25) is 0 Å². The van der Waals surface area contributed by atoms with Crippen molar-refractivity contribution in [3.05, 3.63) is 59.0 Å². The lowest BCUT2D eigenvalue weighted by atomic mass is 10.2. The van der Waals surface area contributed by atoms with Gasteiger partial charge in [-0.1, -0.05) is 23.7 Å². The van der Waals surface area contributed by atoms with Gasteiger partial charge in [0.25, 0.3) is 0 Å². The lowest BCUT2D eigenvalue weighted by molar-refractivity contribution is 0.690. The highest BCUT2D eigenvalue weighted by Gasteiger charge is 2.07. The van der Waals surface area contributed by atoms with Gasteiger partial charge in [0, 0.05) is 24.3 Å². The van der Waals surface area contributed by atoms with Crippen molar-refractivity contribution in [3.63, 3.8) is 0 Å². The maximum Gasteiger partial charge on any atom is 0.176 e. The minimum atomic E-state index is 0.475. The van der Waals surface area contributed by atoms with Gasteiger partial charge in [-0.05, 0) is 36.8 Å². The second kappa shape index (κ2) is 7.02. The third-order valence-electron chi connectivity index (χ3n) is 3.62. The number of nitrogens with one attached hydrogen (secondary N) is 2. The molecule has 0 atom stereocenters. The van der Waals surface area contributed by atoms with Crippen LogP contribution in [0.1, 0.15) is 11.3 Å². The number of rotatable bonds is 4. The third kappa shape index (κ3) is 3.93. The van der Waals surface area contributed by atoms with Crippen LogP contribution >= 0.6 is 23.8 Å². The van der Waals surface area contributed by atoms with Crippen molar-refractivity contribution in [2.24, 2.45) is 7.05 Å². The van der Waals surface area contributed by atoms with E-state index >= 15 is 0 Å². The molecule has 0 unspecified atom stereocenters. The van der Waals surface area contributed by atoms with E-state index in [1.54, 1.807) is 10.9 Å². The summed E-state index contributed by atoms with van der Waals surface area (Å²) in [7, 11) is 1.88. The van der Waals surface area contributed by atoms with Crippen LogP contribution < -0.4 is 10.6 Å². The molecule has 0 saturated heterocycles. The second-order valence-electron chi connectivity index (χ2n) is 5.37. The van der Waals surface area contributed by atoms with Crippen molar-refractivity contribution in [3.8, 4) is 0 Å². The molecule has 0 radical (unpaired) electrons. The van der Waals surface area contributed by atoms with Crippen LogP contribution in [0, 0.1) is 6.92 Å². The standard InChI is InChI=1S/C16H17ClN6S/c1-11-14(9-18-22(11)2)19-16(24)20-15-7-8-23(21-15)10-12-3-5-13(17)6-4-12/h3-9H,10H2,1-2H3,(H2,19,20,21,24). The van der Waals surface area contributed by atoms with E-state index in [1.807, 2.05) is 55.2 Å². The summed E-state index contributed by atoms with van der Waals surface area (Å²) in [5, 5.41) is 16.0. The SMILES string of the molecule is Cc1c(NC(=S)Nc2ccn(Cc3ccc(Cl)cc3)n2)cnn1C. The van der Waals surface area contributed by atoms with Gasteiger partial charge in [0.1, 0.15) is 0 Å². The molecule has 0 amide bonds. The van der Waals surface area contributed by atoms with Crippen LogP contribution in [0.2, 0.25) is 5.02 Å². The molecular weight excluding hydrogens is 344 g/mol. The molecule has 3 rings (SSSR count). The molecule has 0 aliphatic carbocycles. The van der Waals surface area contributed by atoms with Crippen LogP contribution in [0.3, 0.4) is 0 Å². The Morgan fingerprint density at radius 2 is 1.96 bits per heavy atom. The number of thiocarbonyl (C=S) groups is 1. The number of halogens is 1. The number of benzene rings is 1. The van der Waals surface area contributed by atoms with E-state index in [2.05, 4.69) is 20.8 Å². The molecule has 3 aromatic rings. The Labute approximate surface area is 150 Å². The molecule has 2 N–H and O–H groups in total. The quantitative estimate of drug-likeness (QED) is 0.698. The van der Waals surface area contributed by atoms with E-state index in [1.165, 1.54) is 0 Å². The zero-order chi connectivity index (χ0) is 17.1. The molecule has 2 aromatic heterocycles. The Morgan fingerprint density at radius 3 is 2.62 bits per heavy atom. The van der Waals surface area contributed by atoms with Gasteiger partial charge in [-0.25, -0.2) is 0 Å². The minimum Gasteiger partial charge on any atom is -0.330 e. The number of anilines is 2. The Bertz CT molecular complexity index is 852. The fourth-order valence-corrected chi connectivity index (χ4v) is 2.53. The van der Waals surface area contributed by atoms with Gasteiger partial charge >= 0.3 is 0 Å². The Kier molecular flexibility index (Phi) is 4.82. The summed E-state index contributed by atoms with van der Waals surface area (Å²) in [4.78, 5) is 0. The van der Waals surface area contributed by atoms with E-state index in [9.17, 15) is 0 Å². The Morgan fingerprint density at radius 1 is 1.21 bits per heavy atom. The molecule has 2 heterocycles. The first-order valence-corrected chi connectivity index (χ1v) is 8.14. The molecule has 0 spiro atoms. The highest BCUT2D eigenvalue weighted by Crippen LogP contribution is 2.14. The highest BCUT2D eigenvalue weighted by atomic mass is 35.5. The van der Waals surface area contributed by atoms with Gasteiger partial charge < -0.3 is 10.6 Å². The second-order valence-corrected chi connectivity index (χ2v) is 6.22. The highest BCUT2D eigenvalue weighted by molar-refractivity contribution is 7.80. The first-order valence-electron chi connectivity index (χ1n) is 7.36. The minimum absolute atomic E-state index is 0.475. The Balaban J connectivity index is 1.60. The van der Waals surface area contributed by atoms with Crippen molar-refractivity contribution >= 4 is 40.4 Å². The van der Waals surface area contributed by atoms with E-state index in [0.717, 1.165) is 22.0 Å². The molecule has 0 bridgehead atoms. The average Bonchev–Trinajstić information content (AvgIpc) is 3.11. The fourth-order valence-electron chi connectivity index (χ4n) is 2.18. The molecule has 24 heavy (non-hydrogen) atoms. The Hall–Kier alpha value is -2.38. The smallest absolute Gasteiger partial charge is 0.176 e. The number of nitrogens with zero attached hydrogens (tertiary/aromatic N) is 4. The van der Waals surface area contributed by atoms with E-state index in [-0.39, 0.29) is 0 Å². The summed E-state index contributed by atoms with van der Waals surface area (Å²) < 4.78 is 3.62. The van der Waals surface area contributed by atoms with Crippen LogP contribution in [-0.4, -0.2) is 24.7 Å². The van der Waals surface area contributed by atoms with Crippen molar-refractivity contribution in [2.75, 3.05) is 10.6 Å². The number of hydrogen-bond acceptors (Lipinski definition) is 3. The van der Waals surface area contributed by atoms with Crippen LogP contribution in [0.5, 0.6) is 0 Å². The van der Waals surface area contributed by atoms with Crippen molar-refractivity contribution in [1.29, 1.82) is 0 Å². The summed E-state index contributed by atoms with van der Waals surface area (Å²) in [6.07, 6.45) is 3.64. The van der Waals surface area contributed by atoms with Gasteiger partial charge in [-0.3, -0.25) is 9.36 Å². The molecule has 124 valence electrons. The lowest BCUT2D eigenvalue weighted by Gasteiger charge is -2.08. The normalized spacial score (nSPS) is 10.6. The molecule has 0 aliphatic heterocycles. The number of aryl methyl sites for hydroxylation is 1. The van der Waals surface area contributed by atoms with E-state index in [0.29, 0.717) is 17.5 Å². The summed E-state index contributed by atoms with van der Waals surface area (Å²) in [6, 6.07) is 9.58. The molecule has 8 heteroatoms. The average molecular weight is 361 g/mol. The largest absolute Gasteiger partial charge is 0.330 e. The third-order valence-corrected chi connectivity index (χ3v) is 4.08. The molecule has 0 fully saturated rings. The molecule has 0 aliphatic rings. The van der Waals surface area contributed by atoms with E-state index in [4.69, 9.17) is 23.8 Å². The zero-order valence-electron chi connectivity index (χ0n) is 13.3. The molecule has 0 saturated carbocycles. The topological polar surface area (TPSA) is 59.7 Å². The number of aromatic nitrogens is 4. The summed E-state index contributed by atoms with van der Waals surface area (Å²) in [6.45, 7) is 2.64. The molecule has 6 nitrogen and oxygen atoms in total. The molecule has 1 aromatic carbocycles. The fraction of sp³-hybridized carbons (Fsp3) is 0.188. The first kappa shape index (κ1) is 16.5. The van der Waals surface area contributed by atoms with Crippen LogP contribution in [0.15, 0.2) is 42.7 Å². The van der Waals surface area contributed by atoms with Crippen molar-refractivity contribution in [1.82, 2.24) is 19.6 Å². The van der Waals surface area contributed by atoms with Crippen molar-refractivity contribution < 1.29 is 0 Å². The summed E-state index contributed by atoms with van der Waals surface area (Å²) in [5.41, 5.74) is 3.00. The molecular formula is C16H17ClN6S. The monoisotopic (exact) mass is 360 g/mol. The predicted octanol–water partition coefficient (Wildman–Crippen LogP) is 3.44. The summed E-state index contributed by atoms with van der Waals surface area (Å²) in [5.74, 6) is 0.683. The van der Waals surface area contributed by atoms with Gasteiger partial charge in [0.15, 0.2) is 10.9 Å². The summed E-state index contributed by atoms with van der Waals surface area (Å²) >= 11 is 11.2. The lowest BCUT2D eigenvalue weighted by Crippen LogP contribution is -2.20. The van der Waals surface area contributed by atoms with E-state index < -0.39 is 0 Å². The van der Waals surface area contributed by atoms with Crippen LogP contribution in [0.4, 0.5) is 11.5 Å². The first-order chi connectivity index (χ1) is 11.5. The van der Waals surface area contributed by atoms with Crippen LogP contribution in [0.25, 0.3) is 0 Å². The number of hydrogen-bond donors (Lipinski definition) is 2. The van der Waals surface area contributed by atoms with Gasteiger partial charge in [-0.15, -0.1) is 0 Å². The maximum absolute atomic E-state index is 5.90. The van der Waals surface area contributed by atoms with Crippen molar-refractivity contribution in [2.45, 2.75) is 13.5 Å². The van der Waals surface area contributed by atoms with Crippen LogP contribution in [-0.2, 0) is 13.6 Å². The zero-order valence-corrected chi connectivity index (χ0v) is 14.9.